The Morgan fingerprint density at radius 2 is 1.57 bits per heavy atom. The van der Waals surface area contributed by atoms with Crippen LogP contribution in [0.15, 0.2) is 107 Å². The minimum absolute atomic E-state index is 0.670. The van der Waals surface area contributed by atoms with Gasteiger partial charge in [0, 0.05) is 10.6 Å². The molecule has 4 aromatic rings. The second-order valence-electron chi connectivity index (χ2n) is 6.34. The highest BCUT2D eigenvalue weighted by Gasteiger charge is 2.07. The second-order valence-corrected chi connectivity index (χ2v) is 6.77. The fourth-order valence-electron chi connectivity index (χ4n) is 2.90. The van der Waals surface area contributed by atoms with Gasteiger partial charge in [0.2, 0.25) is 0 Å². The number of benzene rings is 3. The molecule has 0 N–H and O–H groups in total. The van der Waals surface area contributed by atoms with Crippen LogP contribution in [-0.4, -0.2) is 6.21 Å². The number of hydrogen-bond acceptors (Lipinski definition) is 3. The molecule has 1 heterocycles. The van der Waals surface area contributed by atoms with Crippen LogP contribution < -0.4 is 5.01 Å². The van der Waals surface area contributed by atoms with Gasteiger partial charge in [-0.1, -0.05) is 72.3 Å². The van der Waals surface area contributed by atoms with Crippen molar-refractivity contribution in [2.24, 2.45) is 5.10 Å². The molecule has 0 aliphatic carbocycles. The lowest BCUT2D eigenvalue weighted by molar-refractivity contribution is 0.574. The van der Waals surface area contributed by atoms with E-state index in [0.717, 1.165) is 17.0 Å². The van der Waals surface area contributed by atoms with E-state index < -0.39 is 0 Å². The molecule has 0 fully saturated rings. The Labute approximate surface area is 169 Å². The zero-order valence-corrected chi connectivity index (χ0v) is 16.0. The molecule has 0 atom stereocenters. The van der Waals surface area contributed by atoms with Crippen LogP contribution in [0.5, 0.6) is 0 Å². The molecule has 4 rings (SSSR count). The summed E-state index contributed by atoms with van der Waals surface area (Å²) in [6.45, 7) is 0.670. The maximum atomic E-state index is 6.07. The first kappa shape index (κ1) is 18.1. The molecule has 0 aliphatic rings. The lowest BCUT2D eigenvalue weighted by atomic mass is 10.2. The van der Waals surface area contributed by atoms with Crippen molar-refractivity contribution >= 4 is 23.5 Å². The number of halogens is 1. The summed E-state index contributed by atoms with van der Waals surface area (Å²) < 4.78 is 5.93. The van der Waals surface area contributed by atoms with E-state index in [9.17, 15) is 0 Å². The maximum Gasteiger partial charge on any atom is 0.147 e. The van der Waals surface area contributed by atoms with Crippen molar-refractivity contribution < 1.29 is 4.42 Å². The van der Waals surface area contributed by atoms with Gasteiger partial charge in [-0.2, -0.15) is 5.10 Å². The Bertz CT molecular complexity index is 1060. The first-order valence-electron chi connectivity index (χ1n) is 9.04. The number of rotatable bonds is 6. The summed E-state index contributed by atoms with van der Waals surface area (Å²) in [5, 5.41) is 7.31. The monoisotopic (exact) mass is 386 g/mol. The van der Waals surface area contributed by atoms with Crippen LogP contribution in [-0.2, 0) is 6.54 Å². The third kappa shape index (κ3) is 4.51. The maximum absolute atomic E-state index is 6.07. The first-order chi connectivity index (χ1) is 13.8. The van der Waals surface area contributed by atoms with Gasteiger partial charge in [-0.3, -0.25) is 5.01 Å². The Morgan fingerprint density at radius 1 is 0.821 bits per heavy atom. The first-order valence-corrected chi connectivity index (χ1v) is 9.42. The third-order valence-electron chi connectivity index (χ3n) is 4.29. The molecule has 3 nitrogen and oxygen atoms in total. The van der Waals surface area contributed by atoms with E-state index in [1.165, 1.54) is 5.56 Å². The van der Waals surface area contributed by atoms with E-state index in [2.05, 4.69) is 17.2 Å². The van der Waals surface area contributed by atoms with E-state index in [-0.39, 0.29) is 0 Å². The molecule has 0 saturated carbocycles. The Hall–Kier alpha value is -3.30. The molecule has 4 heteroatoms. The van der Waals surface area contributed by atoms with Crippen LogP contribution in [0.25, 0.3) is 11.3 Å². The second kappa shape index (κ2) is 8.59. The van der Waals surface area contributed by atoms with Crippen LogP contribution in [0, 0.1) is 0 Å². The van der Waals surface area contributed by atoms with Crippen LogP contribution in [0.2, 0.25) is 5.02 Å². The normalized spacial score (nSPS) is 11.0. The molecule has 0 amide bonds. The van der Waals surface area contributed by atoms with Gasteiger partial charge in [0.05, 0.1) is 18.4 Å². The van der Waals surface area contributed by atoms with Crippen molar-refractivity contribution in [1.29, 1.82) is 0 Å². The summed E-state index contributed by atoms with van der Waals surface area (Å²) in [5.74, 6) is 1.45. The molecule has 0 spiro atoms. The van der Waals surface area contributed by atoms with Crippen molar-refractivity contribution in [2.45, 2.75) is 6.54 Å². The number of para-hydroxylation sites is 1. The van der Waals surface area contributed by atoms with E-state index in [4.69, 9.17) is 16.0 Å². The summed E-state index contributed by atoms with van der Waals surface area (Å²) in [5.41, 5.74) is 3.14. The average Bonchev–Trinajstić information content (AvgIpc) is 3.22. The molecule has 0 saturated heterocycles. The van der Waals surface area contributed by atoms with Crippen molar-refractivity contribution in [3.63, 3.8) is 0 Å². The Kier molecular flexibility index (Phi) is 5.55. The van der Waals surface area contributed by atoms with Crippen molar-refractivity contribution in [3.8, 4) is 11.3 Å². The molecule has 138 valence electrons. The van der Waals surface area contributed by atoms with Gasteiger partial charge in [0.25, 0.3) is 0 Å². The predicted octanol–water partition coefficient (Wildman–Crippen LogP) is 6.64. The topological polar surface area (TPSA) is 28.7 Å². The summed E-state index contributed by atoms with van der Waals surface area (Å²) in [7, 11) is 0. The largest absolute Gasteiger partial charge is 0.455 e. The van der Waals surface area contributed by atoms with Crippen molar-refractivity contribution in [3.05, 3.63) is 113 Å². The number of furan rings is 1. The summed E-state index contributed by atoms with van der Waals surface area (Å²) in [6, 6.07) is 31.8. The van der Waals surface area contributed by atoms with Crippen LogP contribution in [0.3, 0.4) is 0 Å². The van der Waals surface area contributed by atoms with Gasteiger partial charge >= 0.3 is 0 Å². The molecular weight excluding hydrogens is 368 g/mol. The average molecular weight is 387 g/mol. The number of nitrogens with zero attached hydrogens (tertiary/aromatic N) is 2. The molecule has 1 aromatic heterocycles. The molecule has 3 aromatic carbocycles. The molecule has 28 heavy (non-hydrogen) atoms. The van der Waals surface area contributed by atoms with E-state index in [1.807, 2.05) is 89.9 Å². The fraction of sp³-hybridized carbons (Fsp3) is 0.0417. The highest BCUT2D eigenvalue weighted by molar-refractivity contribution is 6.30. The summed E-state index contributed by atoms with van der Waals surface area (Å²) in [6.07, 6.45) is 1.74. The van der Waals surface area contributed by atoms with Gasteiger partial charge in [-0.25, -0.2) is 0 Å². The minimum atomic E-state index is 0.670. The van der Waals surface area contributed by atoms with Crippen molar-refractivity contribution in [1.82, 2.24) is 0 Å². The van der Waals surface area contributed by atoms with Gasteiger partial charge in [-0.05, 0) is 42.0 Å². The lowest BCUT2D eigenvalue weighted by Crippen LogP contribution is -2.15. The highest BCUT2D eigenvalue weighted by atomic mass is 35.5. The minimum Gasteiger partial charge on any atom is -0.455 e. The molecule has 0 radical (unpaired) electrons. The van der Waals surface area contributed by atoms with Crippen LogP contribution >= 0.6 is 11.6 Å². The number of hydrogen-bond donors (Lipinski definition) is 0. The van der Waals surface area contributed by atoms with Gasteiger partial charge in [0.1, 0.15) is 11.5 Å². The zero-order valence-electron chi connectivity index (χ0n) is 15.2. The van der Waals surface area contributed by atoms with E-state index >= 15 is 0 Å². The number of anilines is 1. The molecule has 0 aliphatic heterocycles. The van der Waals surface area contributed by atoms with E-state index in [1.54, 1.807) is 6.21 Å². The predicted molar refractivity (Wildman–Crippen MR) is 116 cm³/mol. The van der Waals surface area contributed by atoms with Gasteiger partial charge in [0.15, 0.2) is 0 Å². The van der Waals surface area contributed by atoms with Gasteiger partial charge in [-0.15, -0.1) is 0 Å². The molecule has 0 bridgehead atoms. The summed E-state index contributed by atoms with van der Waals surface area (Å²) >= 11 is 6.07. The summed E-state index contributed by atoms with van der Waals surface area (Å²) in [4.78, 5) is 0. The quantitative estimate of drug-likeness (QED) is 0.274. The van der Waals surface area contributed by atoms with Crippen LogP contribution in [0.1, 0.15) is 11.3 Å². The third-order valence-corrected chi connectivity index (χ3v) is 4.52. The molecule has 0 unspecified atom stereocenters. The van der Waals surface area contributed by atoms with Crippen LogP contribution in [0.4, 0.5) is 5.69 Å². The Balaban J connectivity index is 1.57. The number of hydrazone groups is 1. The highest BCUT2D eigenvalue weighted by Crippen LogP contribution is 2.24. The Morgan fingerprint density at radius 3 is 2.32 bits per heavy atom. The van der Waals surface area contributed by atoms with Crippen molar-refractivity contribution in [2.75, 3.05) is 5.01 Å². The fourth-order valence-corrected chi connectivity index (χ4v) is 3.09. The standard InChI is InChI=1S/C24H19ClN2O/c25-21-11-7-10-20(16-21)24-15-14-23(28-24)17-26-27(22-12-5-2-6-13-22)18-19-8-3-1-4-9-19/h1-17H,18H2. The SMILES string of the molecule is Clc1cccc(-c2ccc(C=NN(Cc3ccccc3)c3ccccc3)o2)c1. The molecular formula is C24H19ClN2O. The zero-order chi connectivity index (χ0) is 19.2. The van der Waals surface area contributed by atoms with Gasteiger partial charge < -0.3 is 4.42 Å². The van der Waals surface area contributed by atoms with E-state index in [0.29, 0.717) is 17.3 Å². The lowest BCUT2D eigenvalue weighted by Gasteiger charge is -2.19. The smallest absolute Gasteiger partial charge is 0.147 e.